The van der Waals surface area contributed by atoms with Crippen LogP contribution >= 0.6 is 11.6 Å². The molecule has 0 aliphatic rings. The van der Waals surface area contributed by atoms with Crippen LogP contribution in [0.25, 0.3) is 10.9 Å². The van der Waals surface area contributed by atoms with Gasteiger partial charge in [0.2, 0.25) is 0 Å². The molecule has 0 amide bonds. The lowest BCUT2D eigenvalue weighted by molar-refractivity contribution is 0.478. The lowest BCUT2D eigenvalue weighted by Crippen LogP contribution is -1.89. The van der Waals surface area contributed by atoms with Gasteiger partial charge in [-0.1, -0.05) is 18.2 Å². The van der Waals surface area contributed by atoms with Gasteiger partial charge in [-0.2, -0.15) is 0 Å². The van der Waals surface area contributed by atoms with Gasteiger partial charge in [-0.15, -0.1) is 11.6 Å². The van der Waals surface area contributed by atoms with Crippen molar-refractivity contribution in [1.82, 2.24) is 9.97 Å². The number of aromatic nitrogens is 2. The van der Waals surface area contributed by atoms with Crippen molar-refractivity contribution in [2.75, 3.05) is 0 Å². The highest BCUT2D eigenvalue weighted by Crippen LogP contribution is 2.24. The summed E-state index contributed by atoms with van der Waals surface area (Å²) in [5, 5.41) is 1.04. The fourth-order valence-electron chi connectivity index (χ4n) is 1.84. The smallest absolute Gasteiger partial charge is 0.146 e. The van der Waals surface area contributed by atoms with Crippen LogP contribution in [0, 0.1) is 0 Å². The lowest BCUT2D eigenvalue weighted by Gasteiger charge is -2.06. The predicted molar refractivity (Wildman–Crippen MR) is 75.6 cm³/mol. The van der Waals surface area contributed by atoms with E-state index in [0.29, 0.717) is 17.4 Å². The number of nitrogens with zero attached hydrogens (tertiary/aromatic N) is 2. The van der Waals surface area contributed by atoms with Gasteiger partial charge in [0.1, 0.15) is 11.5 Å². The topological polar surface area (TPSA) is 35.0 Å². The van der Waals surface area contributed by atoms with Crippen molar-refractivity contribution in [2.24, 2.45) is 0 Å². The molecular formula is C15H11ClN2O. The van der Waals surface area contributed by atoms with Crippen LogP contribution in [-0.4, -0.2) is 9.97 Å². The Morgan fingerprint density at radius 2 is 1.84 bits per heavy atom. The Labute approximate surface area is 115 Å². The molecule has 2 heterocycles. The van der Waals surface area contributed by atoms with E-state index in [0.717, 1.165) is 16.5 Å². The zero-order valence-electron chi connectivity index (χ0n) is 10.1. The second kappa shape index (κ2) is 5.24. The van der Waals surface area contributed by atoms with Gasteiger partial charge in [0, 0.05) is 17.5 Å². The minimum atomic E-state index is 0.417. The molecule has 3 aromatic rings. The normalized spacial score (nSPS) is 10.6. The summed E-state index contributed by atoms with van der Waals surface area (Å²) in [5.74, 6) is 1.77. The molecule has 4 heteroatoms. The predicted octanol–water partition coefficient (Wildman–Crippen LogP) is 4.16. The van der Waals surface area contributed by atoms with E-state index in [4.69, 9.17) is 16.3 Å². The van der Waals surface area contributed by atoms with Crippen LogP contribution in [0.2, 0.25) is 0 Å². The van der Waals surface area contributed by atoms with Crippen LogP contribution in [0.5, 0.6) is 11.5 Å². The van der Waals surface area contributed by atoms with Gasteiger partial charge in [-0.05, 0) is 23.8 Å². The molecule has 0 saturated carbocycles. The molecule has 0 unspecified atom stereocenters. The molecule has 94 valence electrons. The van der Waals surface area contributed by atoms with Crippen molar-refractivity contribution >= 4 is 22.5 Å². The quantitative estimate of drug-likeness (QED) is 0.670. The number of halogens is 1. The van der Waals surface area contributed by atoms with E-state index >= 15 is 0 Å². The first-order valence-electron chi connectivity index (χ1n) is 5.88. The average molecular weight is 271 g/mol. The number of alkyl halides is 1. The molecular weight excluding hydrogens is 260 g/mol. The van der Waals surface area contributed by atoms with Gasteiger partial charge in [0.05, 0.1) is 17.9 Å². The summed E-state index contributed by atoms with van der Waals surface area (Å²) in [4.78, 5) is 8.43. The molecule has 3 nitrogen and oxygen atoms in total. The third-order valence-electron chi connectivity index (χ3n) is 2.73. The number of pyridine rings is 2. The summed E-state index contributed by atoms with van der Waals surface area (Å²) in [6.45, 7) is 0. The summed E-state index contributed by atoms with van der Waals surface area (Å²) in [5.41, 5.74) is 1.87. The molecule has 2 aromatic heterocycles. The van der Waals surface area contributed by atoms with Crippen LogP contribution in [0.4, 0.5) is 0 Å². The number of fused-ring (bicyclic) bond motifs is 1. The number of benzene rings is 1. The van der Waals surface area contributed by atoms with Crippen LogP contribution in [-0.2, 0) is 5.88 Å². The van der Waals surface area contributed by atoms with Gasteiger partial charge in [0.25, 0.3) is 0 Å². The maximum Gasteiger partial charge on any atom is 0.146 e. The number of hydrogen-bond donors (Lipinski definition) is 0. The van der Waals surface area contributed by atoms with Crippen molar-refractivity contribution in [3.05, 3.63) is 60.6 Å². The summed E-state index contributed by atoms with van der Waals surface area (Å²) in [6.07, 6.45) is 5.08. The van der Waals surface area contributed by atoms with Crippen LogP contribution < -0.4 is 4.74 Å². The van der Waals surface area contributed by atoms with Gasteiger partial charge < -0.3 is 4.74 Å². The van der Waals surface area contributed by atoms with Gasteiger partial charge >= 0.3 is 0 Å². The molecule has 3 rings (SSSR count). The monoisotopic (exact) mass is 270 g/mol. The van der Waals surface area contributed by atoms with Crippen LogP contribution in [0.15, 0.2) is 55.0 Å². The summed E-state index contributed by atoms with van der Waals surface area (Å²) in [7, 11) is 0. The standard InChI is InChI=1S/C15H11ClN2O/c16-7-11-5-13(9-17-8-11)19-14-6-12-3-1-2-4-15(12)18-10-14/h1-6,8-10H,7H2. The van der Waals surface area contributed by atoms with Crippen molar-refractivity contribution in [3.8, 4) is 11.5 Å². The molecule has 0 aliphatic heterocycles. The highest BCUT2D eigenvalue weighted by Gasteiger charge is 2.01. The van der Waals surface area contributed by atoms with Crippen molar-refractivity contribution in [2.45, 2.75) is 5.88 Å². The average Bonchev–Trinajstić information content (AvgIpc) is 2.47. The van der Waals surface area contributed by atoms with E-state index in [1.54, 1.807) is 18.6 Å². The van der Waals surface area contributed by atoms with Crippen molar-refractivity contribution in [3.63, 3.8) is 0 Å². The molecule has 0 fully saturated rings. The zero-order valence-corrected chi connectivity index (χ0v) is 10.8. The highest BCUT2D eigenvalue weighted by molar-refractivity contribution is 6.17. The van der Waals surface area contributed by atoms with Crippen LogP contribution in [0.1, 0.15) is 5.56 Å². The third-order valence-corrected chi connectivity index (χ3v) is 3.03. The minimum absolute atomic E-state index is 0.417. The maximum absolute atomic E-state index is 5.77. The number of hydrogen-bond acceptors (Lipinski definition) is 3. The number of rotatable bonds is 3. The first kappa shape index (κ1) is 11.9. The SMILES string of the molecule is ClCc1cncc(Oc2cnc3ccccc3c2)c1. The Morgan fingerprint density at radius 1 is 1.00 bits per heavy atom. The highest BCUT2D eigenvalue weighted by atomic mass is 35.5. The van der Waals surface area contributed by atoms with Gasteiger partial charge in [-0.3, -0.25) is 9.97 Å². The van der Waals surface area contributed by atoms with E-state index in [-0.39, 0.29) is 0 Å². The zero-order chi connectivity index (χ0) is 13.1. The Bertz CT molecular complexity index is 715. The van der Waals surface area contributed by atoms with E-state index in [1.807, 2.05) is 36.4 Å². The molecule has 0 aliphatic carbocycles. The minimum Gasteiger partial charge on any atom is -0.454 e. The molecule has 0 radical (unpaired) electrons. The van der Waals surface area contributed by atoms with Gasteiger partial charge in [0.15, 0.2) is 0 Å². The lowest BCUT2D eigenvalue weighted by atomic mass is 10.2. The molecule has 0 spiro atoms. The van der Waals surface area contributed by atoms with Crippen LogP contribution in [0.3, 0.4) is 0 Å². The van der Waals surface area contributed by atoms with Gasteiger partial charge in [-0.25, -0.2) is 0 Å². The van der Waals surface area contributed by atoms with Crippen molar-refractivity contribution < 1.29 is 4.74 Å². The van der Waals surface area contributed by atoms with E-state index < -0.39 is 0 Å². The number of ether oxygens (including phenoxy) is 1. The van der Waals surface area contributed by atoms with E-state index in [9.17, 15) is 0 Å². The fraction of sp³-hybridized carbons (Fsp3) is 0.0667. The largest absolute Gasteiger partial charge is 0.454 e. The molecule has 0 bridgehead atoms. The van der Waals surface area contributed by atoms with Crippen molar-refractivity contribution in [1.29, 1.82) is 0 Å². The summed E-state index contributed by atoms with van der Waals surface area (Å²) >= 11 is 5.77. The van der Waals surface area contributed by atoms with E-state index in [1.165, 1.54) is 0 Å². The Balaban J connectivity index is 1.92. The molecule has 0 atom stereocenters. The summed E-state index contributed by atoms with van der Waals surface area (Å²) in [6, 6.07) is 11.7. The molecule has 19 heavy (non-hydrogen) atoms. The summed E-state index contributed by atoms with van der Waals surface area (Å²) < 4.78 is 5.75. The third kappa shape index (κ3) is 2.66. The molecule has 1 aromatic carbocycles. The Hall–Kier alpha value is -2.13. The second-order valence-corrected chi connectivity index (χ2v) is 4.40. The molecule has 0 saturated heterocycles. The Morgan fingerprint density at radius 3 is 2.74 bits per heavy atom. The van der Waals surface area contributed by atoms with E-state index in [2.05, 4.69) is 9.97 Å². The number of para-hydroxylation sites is 1. The Kier molecular flexibility index (Phi) is 3.29. The first-order chi connectivity index (χ1) is 9.35. The second-order valence-electron chi connectivity index (χ2n) is 4.13. The fourth-order valence-corrected chi connectivity index (χ4v) is 1.98. The molecule has 0 N–H and O–H groups in total. The maximum atomic E-state index is 5.77. The first-order valence-corrected chi connectivity index (χ1v) is 6.41.